The van der Waals surface area contributed by atoms with Gasteiger partial charge in [0, 0.05) is 6.20 Å². The molecule has 0 atom stereocenters. The largest absolute Gasteiger partial charge is 0.378 e. The van der Waals surface area contributed by atoms with Gasteiger partial charge in [-0.1, -0.05) is 34.8 Å². The number of aromatic amines is 1. The van der Waals surface area contributed by atoms with E-state index in [1.807, 2.05) is 0 Å². The second-order valence-corrected chi connectivity index (χ2v) is 4.40. The summed E-state index contributed by atoms with van der Waals surface area (Å²) in [6.07, 6.45) is 3.35. The molecule has 1 heterocycles. The van der Waals surface area contributed by atoms with Crippen LogP contribution in [0.2, 0.25) is 15.1 Å². The number of imidazole rings is 1. The third-order valence-electron chi connectivity index (χ3n) is 2.03. The van der Waals surface area contributed by atoms with E-state index in [0.717, 1.165) is 11.4 Å². The molecule has 2 aromatic rings. The van der Waals surface area contributed by atoms with Gasteiger partial charge in [0.15, 0.2) is 0 Å². The van der Waals surface area contributed by atoms with Crippen molar-refractivity contribution in [1.29, 1.82) is 0 Å². The molecule has 2 N–H and O–H groups in total. The minimum absolute atomic E-state index is 0.443. The molecule has 0 unspecified atom stereocenters. The zero-order valence-corrected chi connectivity index (χ0v) is 10.4. The van der Waals surface area contributed by atoms with Crippen molar-refractivity contribution in [3.63, 3.8) is 0 Å². The van der Waals surface area contributed by atoms with Crippen molar-refractivity contribution in [2.75, 3.05) is 5.32 Å². The minimum atomic E-state index is 0.443. The van der Waals surface area contributed by atoms with Gasteiger partial charge in [0.2, 0.25) is 0 Å². The number of benzene rings is 1. The highest BCUT2D eigenvalue weighted by Crippen LogP contribution is 2.32. The summed E-state index contributed by atoms with van der Waals surface area (Å²) in [5.41, 5.74) is 1.70. The van der Waals surface area contributed by atoms with Gasteiger partial charge in [-0.05, 0) is 12.1 Å². The van der Waals surface area contributed by atoms with E-state index in [9.17, 15) is 0 Å². The van der Waals surface area contributed by atoms with E-state index in [4.69, 9.17) is 34.8 Å². The molecule has 0 fully saturated rings. The average Bonchev–Trinajstić information content (AvgIpc) is 2.74. The van der Waals surface area contributed by atoms with Crippen LogP contribution >= 0.6 is 34.8 Å². The lowest BCUT2D eigenvalue weighted by molar-refractivity contribution is 1.07. The highest BCUT2D eigenvalue weighted by molar-refractivity contribution is 6.44. The van der Waals surface area contributed by atoms with E-state index in [0.29, 0.717) is 21.6 Å². The zero-order chi connectivity index (χ0) is 11.5. The molecule has 0 aliphatic heterocycles. The van der Waals surface area contributed by atoms with Gasteiger partial charge >= 0.3 is 0 Å². The first kappa shape index (κ1) is 11.6. The molecule has 1 aromatic carbocycles. The lowest BCUT2D eigenvalue weighted by Gasteiger charge is -2.08. The van der Waals surface area contributed by atoms with Crippen LogP contribution in [0.1, 0.15) is 5.69 Å². The average molecular weight is 277 g/mol. The number of rotatable bonds is 3. The summed E-state index contributed by atoms with van der Waals surface area (Å²) in [4.78, 5) is 6.89. The molecular weight excluding hydrogens is 268 g/mol. The van der Waals surface area contributed by atoms with Crippen molar-refractivity contribution in [2.24, 2.45) is 0 Å². The SMILES string of the molecule is Clc1cc(Cl)c(NCc2cnc[nH]2)cc1Cl. The van der Waals surface area contributed by atoms with Gasteiger partial charge in [0.1, 0.15) is 0 Å². The van der Waals surface area contributed by atoms with Gasteiger partial charge in [-0.25, -0.2) is 4.98 Å². The van der Waals surface area contributed by atoms with Gasteiger partial charge in [0.05, 0.1) is 39.3 Å². The number of anilines is 1. The highest BCUT2D eigenvalue weighted by Gasteiger charge is 2.05. The topological polar surface area (TPSA) is 40.7 Å². The number of nitrogens with one attached hydrogen (secondary N) is 2. The Morgan fingerprint density at radius 2 is 1.88 bits per heavy atom. The lowest BCUT2D eigenvalue weighted by Crippen LogP contribution is -2.00. The van der Waals surface area contributed by atoms with Crippen molar-refractivity contribution >= 4 is 40.5 Å². The second-order valence-electron chi connectivity index (χ2n) is 3.18. The zero-order valence-electron chi connectivity index (χ0n) is 8.10. The molecule has 0 saturated carbocycles. The van der Waals surface area contributed by atoms with E-state index in [1.54, 1.807) is 24.7 Å². The first-order chi connectivity index (χ1) is 7.66. The summed E-state index contributed by atoms with van der Waals surface area (Å²) in [5.74, 6) is 0. The maximum Gasteiger partial charge on any atom is 0.0922 e. The van der Waals surface area contributed by atoms with Crippen molar-refractivity contribution in [1.82, 2.24) is 9.97 Å². The van der Waals surface area contributed by atoms with E-state index in [1.165, 1.54) is 0 Å². The van der Waals surface area contributed by atoms with Crippen molar-refractivity contribution in [3.8, 4) is 0 Å². The van der Waals surface area contributed by atoms with E-state index >= 15 is 0 Å². The van der Waals surface area contributed by atoms with E-state index in [-0.39, 0.29) is 0 Å². The maximum absolute atomic E-state index is 6.01. The summed E-state index contributed by atoms with van der Waals surface area (Å²) >= 11 is 17.7. The Kier molecular flexibility index (Phi) is 3.59. The van der Waals surface area contributed by atoms with Crippen LogP contribution in [0.3, 0.4) is 0 Å². The Morgan fingerprint density at radius 1 is 1.12 bits per heavy atom. The summed E-state index contributed by atoms with van der Waals surface area (Å²) < 4.78 is 0. The molecule has 0 aliphatic rings. The number of halogens is 3. The van der Waals surface area contributed by atoms with E-state index in [2.05, 4.69) is 15.3 Å². The van der Waals surface area contributed by atoms with Crippen LogP contribution in [-0.2, 0) is 6.54 Å². The molecule has 0 amide bonds. The monoisotopic (exact) mass is 275 g/mol. The normalized spacial score (nSPS) is 10.4. The van der Waals surface area contributed by atoms with E-state index < -0.39 is 0 Å². The third-order valence-corrected chi connectivity index (χ3v) is 3.07. The van der Waals surface area contributed by atoms with Crippen LogP contribution in [0.5, 0.6) is 0 Å². The number of aromatic nitrogens is 2. The Hall–Kier alpha value is -0.900. The van der Waals surface area contributed by atoms with Crippen molar-refractivity contribution in [2.45, 2.75) is 6.54 Å². The molecule has 16 heavy (non-hydrogen) atoms. The number of nitrogens with zero attached hydrogens (tertiary/aromatic N) is 1. The fourth-order valence-corrected chi connectivity index (χ4v) is 1.84. The molecule has 1 aromatic heterocycles. The molecule has 6 heteroatoms. The van der Waals surface area contributed by atoms with Crippen LogP contribution in [0, 0.1) is 0 Å². The Morgan fingerprint density at radius 3 is 2.56 bits per heavy atom. The third kappa shape index (κ3) is 2.61. The maximum atomic E-state index is 6.01. The van der Waals surface area contributed by atoms with Crippen LogP contribution in [-0.4, -0.2) is 9.97 Å². The Labute approximate surface area is 108 Å². The Balaban J connectivity index is 2.12. The fraction of sp³-hybridized carbons (Fsp3) is 0.100. The summed E-state index contributed by atoms with van der Waals surface area (Å²) in [6, 6.07) is 3.31. The smallest absolute Gasteiger partial charge is 0.0922 e. The van der Waals surface area contributed by atoms with Crippen LogP contribution in [0.4, 0.5) is 5.69 Å². The summed E-state index contributed by atoms with van der Waals surface area (Å²) in [6.45, 7) is 0.595. The lowest BCUT2D eigenvalue weighted by atomic mass is 10.3. The first-order valence-corrected chi connectivity index (χ1v) is 5.66. The number of hydrogen-bond acceptors (Lipinski definition) is 2. The van der Waals surface area contributed by atoms with Gasteiger partial charge < -0.3 is 10.3 Å². The standard InChI is InChI=1S/C10H8Cl3N3/c11-7-1-9(13)10(2-8(7)12)15-4-6-3-14-5-16-6/h1-3,5,15H,4H2,(H,14,16). The number of H-pyrrole nitrogens is 1. The molecule has 2 rings (SSSR count). The molecule has 0 aliphatic carbocycles. The fourth-order valence-electron chi connectivity index (χ4n) is 1.23. The highest BCUT2D eigenvalue weighted by atomic mass is 35.5. The molecule has 0 bridgehead atoms. The van der Waals surface area contributed by atoms with Crippen molar-refractivity contribution in [3.05, 3.63) is 45.4 Å². The molecule has 0 spiro atoms. The van der Waals surface area contributed by atoms with Crippen LogP contribution in [0.25, 0.3) is 0 Å². The van der Waals surface area contributed by atoms with Crippen molar-refractivity contribution < 1.29 is 0 Å². The van der Waals surface area contributed by atoms with Gasteiger partial charge in [-0.2, -0.15) is 0 Å². The van der Waals surface area contributed by atoms with Crippen LogP contribution in [0.15, 0.2) is 24.7 Å². The van der Waals surface area contributed by atoms with Crippen LogP contribution < -0.4 is 5.32 Å². The van der Waals surface area contributed by atoms with Gasteiger partial charge in [-0.3, -0.25) is 0 Å². The molecule has 3 nitrogen and oxygen atoms in total. The predicted molar refractivity (Wildman–Crippen MR) is 67.4 cm³/mol. The second kappa shape index (κ2) is 4.95. The van der Waals surface area contributed by atoms with Gasteiger partial charge in [-0.15, -0.1) is 0 Å². The summed E-state index contributed by atoms with van der Waals surface area (Å²) in [5, 5.41) is 4.59. The molecule has 84 valence electrons. The quantitative estimate of drug-likeness (QED) is 0.833. The molecule has 0 radical (unpaired) electrons. The Bertz CT molecular complexity index is 482. The molecular formula is C10H8Cl3N3. The predicted octanol–water partition coefficient (Wildman–Crippen LogP) is 3.98. The first-order valence-electron chi connectivity index (χ1n) is 4.52. The summed E-state index contributed by atoms with van der Waals surface area (Å²) in [7, 11) is 0. The minimum Gasteiger partial charge on any atom is -0.378 e. The molecule has 0 saturated heterocycles. The number of hydrogen-bond donors (Lipinski definition) is 2. The van der Waals surface area contributed by atoms with Gasteiger partial charge in [0.25, 0.3) is 0 Å².